The van der Waals surface area contributed by atoms with Crippen LogP contribution in [0.1, 0.15) is 24.0 Å². The fourth-order valence-electron chi connectivity index (χ4n) is 3.38. The number of aliphatic hydroxyl groups excluding tert-OH is 1. The number of thiophene rings is 1. The molecule has 1 aliphatic heterocycles. The van der Waals surface area contributed by atoms with Crippen LogP contribution in [0.15, 0.2) is 41.8 Å². The maximum absolute atomic E-state index is 9.42. The third-order valence-corrected chi connectivity index (χ3v) is 5.74. The average Bonchev–Trinajstić information content (AvgIpc) is 3.05. The zero-order valence-corrected chi connectivity index (χ0v) is 15.1. The predicted molar refractivity (Wildman–Crippen MR) is 102 cm³/mol. The molecule has 3 aromatic rings. The van der Waals surface area contributed by atoms with Gasteiger partial charge < -0.3 is 14.6 Å². The summed E-state index contributed by atoms with van der Waals surface area (Å²) < 4.78 is 12.8. The summed E-state index contributed by atoms with van der Waals surface area (Å²) in [6.45, 7) is 3.78. The Morgan fingerprint density at radius 2 is 1.96 bits per heavy atom. The zero-order valence-electron chi connectivity index (χ0n) is 14.3. The molecule has 0 radical (unpaired) electrons. The molecule has 0 spiro atoms. The molecule has 0 atom stereocenters. The van der Waals surface area contributed by atoms with E-state index in [1.165, 1.54) is 26.8 Å². The van der Waals surface area contributed by atoms with E-state index < -0.39 is 0 Å². The lowest BCUT2D eigenvalue weighted by Gasteiger charge is -2.23. The molecule has 2 aromatic carbocycles. The van der Waals surface area contributed by atoms with Gasteiger partial charge >= 0.3 is 0 Å². The molecular weight excluding hydrogens is 332 g/mol. The van der Waals surface area contributed by atoms with Gasteiger partial charge in [-0.3, -0.25) is 0 Å². The molecule has 0 amide bonds. The fourth-order valence-corrected chi connectivity index (χ4v) is 4.32. The Morgan fingerprint density at radius 1 is 1.12 bits per heavy atom. The number of benzene rings is 2. The summed E-state index contributed by atoms with van der Waals surface area (Å²) in [5, 5.41) is 12.8. The van der Waals surface area contributed by atoms with Gasteiger partial charge in [0.2, 0.25) is 0 Å². The Bertz CT molecular complexity index is 878. The lowest BCUT2D eigenvalue weighted by molar-refractivity contribution is 0.0255. The van der Waals surface area contributed by atoms with E-state index in [2.05, 4.69) is 42.6 Å². The van der Waals surface area contributed by atoms with Gasteiger partial charge in [0.25, 0.3) is 0 Å². The summed E-state index contributed by atoms with van der Waals surface area (Å²) in [5.41, 5.74) is 4.61. The molecule has 1 N–H and O–H groups in total. The Balaban J connectivity index is 1.64. The minimum absolute atomic E-state index is 0.0715. The van der Waals surface area contributed by atoms with Gasteiger partial charge in [-0.15, -0.1) is 11.3 Å². The Hall–Kier alpha value is -1.88. The number of aryl methyl sites for hydroxylation is 1. The second-order valence-electron chi connectivity index (χ2n) is 6.54. The molecular formula is C21H22O3S. The third kappa shape index (κ3) is 3.43. The van der Waals surface area contributed by atoms with E-state index in [4.69, 9.17) is 9.47 Å². The number of hydrogen-bond acceptors (Lipinski definition) is 4. The lowest BCUT2D eigenvalue weighted by atomic mass is 9.99. The fraction of sp³-hybridized carbons (Fsp3) is 0.333. The van der Waals surface area contributed by atoms with Crippen molar-refractivity contribution in [2.75, 3.05) is 13.2 Å². The summed E-state index contributed by atoms with van der Waals surface area (Å²) in [6, 6.07) is 12.5. The molecule has 0 bridgehead atoms. The number of fused-ring (bicyclic) bond motifs is 1. The molecule has 130 valence electrons. The summed E-state index contributed by atoms with van der Waals surface area (Å²) in [4.78, 5) is 0. The van der Waals surface area contributed by atoms with Gasteiger partial charge in [0, 0.05) is 28.5 Å². The van der Waals surface area contributed by atoms with Crippen LogP contribution in [0.4, 0.5) is 0 Å². The molecule has 3 nitrogen and oxygen atoms in total. The van der Waals surface area contributed by atoms with Gasteiger partial charge in [0.15, 0.2) is 0 Å². The van der Waals surface area contributed by atoms with Crippen LogP contribution < -0.4 is 4.74 Å². The van der Waals surface area contributed by atoms with Crippen LogP contribution in [0.5, 0.6) is 5.75 Å². The number of aliphatic hydroxyl groups is 1. The normalized spacial score (nSPS) is 15.6. The molecule has 2 heterocycles. The lowest BCUT2D eigenvalue weighted by Crippen LogP contribution is -2.25. The van der Waals surface area contributed by atoms with Gasteiger partial charge in [-0.2, -0.15) is 0 Å². The van der Waals surface area contributed by atoms with Crippen LogP contribution >= 0.6 is 11.3 Å². The highest BCUT2D eigenvalue weighted by Crippen LogP contribution is 2.37. The van der Waals surface area contributed by atoms with E-state index in [-0.39, 0.29) is 12.7 Å². The molecule has 0 unspecified atom stereocenters. The number of rotatable bonds is 4. The zero-order chi connectivity index (χ0) is 17.2. The van der Waals surface area contributed by atoms with E-state index in [1.807, 2.05) is 6.07 Å². The van der Waals surface area contributed by atoms with Crippen molar-refractivity contribution >= 4 is 21.4 Å². The number of hydrogen-bond donors (Lipinski definition) is 1. The Morgan fingerprint density at radius 3 is 2.72 bits per heavy atom. The van der Waals surface area contributed by atoms with Gasteiger partial charge in [0.1, 0.15) is 11.9 Å². The quantitative estimate of drug-likeness (QED) is 0.722. The number of ether oxygens (including phenoxy) is 2. The monoisotopic (exact) mass is 354 g/mol. The molecule has 1 saturated heterocycles. The summed E-state index contributed by atoms with van der Waals surface area (Å²) in [5.74, 6) is 0.934. The van der Waals surface area contributed by atoms with Crippen molar-refractivity contribution in [2.45, 2.75) is 32.5 Å². The molecule has 1 aromatic heterocycles. The van der Waals surface area contributed by atoms with Crippen molar-refractivity contribution in [1.29, 1.82) is 0 Å². The second-order valence-corrected chi connectivity index (χ2v) is 7.46. The molecule has 1 fully saturated rings. The third-order valence-electron chi connectivity index (χ3n) is 4.78. The van der Waals surface area contributed by atoms with E-state index >= 15 is 0 Å². The maximum Gasteiger partial charge on any atom is 0.120 e. The van der Waals surface area contributed by atoms with E-state index in [0.717, 1.165) is 37.4 Å². The predicted octanol–water partition coefficient (Wildman–Crippen LogP) is 4.93. The molecule has 0 saturated carbocycles. The van der Waals surface area contributed by atoms with Crippen LogP contribution in [0.25, 0.3) is 21.2 Å². The summed E-state index contributed by atoms with van der Waals surface area (Å²) in [6.07, 6.45) is 2.17. The smallest absolute Gasteiger partial charge is 0.120 e. The minimum Gasteiger partial charge on any atom is -0.490 e. The van der Waals surface area contributed by atoms with Crippen molar-refractivity contribution in [3.05, 3.63) is 52.9 Å². The first-order valence-corrected chi connectivity index (χ1v) is 9.59. The van der Waals surface area contributed by atoms with E-state index in [1.54, 1.807) is 11.3 Å². The van der Waals surface area contributed by atoms with E-state index in [0.29, 0.717) is 0 Å². The van der Waals surface area contributed by atoms with Gasteiger partial charge in [0.05, 0.1) is 19.8 Å². The van der Waals surface area contributed by atoms with E-state index in [9.17, 15) is 5.11 Å². The van der Waals surface area contributed by atoms with Crippen LogP contribution in [0.3, 0.4) is 0 Å². The molecule has 1 aliphatic rings. The SMILES string of the molecule is Cc1cc(OC2CCOCC2)ccc1-c1csc2ccc(CO)cc12. The minimum atomic E-state index is 0.0715. The molecule has 4 rings (SSSR count). The van der Waals surface area contributed by atoms with Gasteiger partial charge in [-0.05, 0) is 53.3 Å². The van der Waals surface area contributed by atoms with Gasteiger partial charge in [-0.25, -0.2) is 0 Å². The van der Waals surface area contributed by atoms with Crippen molar-refractivity contribution < 1.29 is 14.6 Å². The highest BCUT2D eigenvalue weighted by Gasteiger charge is 2.16. The van der Waals surface area contributed by atoms with Crippen molar-refractivity contribution in [3.8, 4) is 16.9 Å². The van der Waals surface area contributed by atoms with Crippen LogP contribution in [-0.4, -0.2) is 24.4 Å². The van der Waals surface area contributed by atoms with Crippen molar-refractivity contribution in [3.63, 3.8) is 0 Å². The van der Waals surface area contributed by atoms with Gasteiger partial charge in [-0.1, -0.05) is 12.1 Å². The molecule has 4 heteroatoms. The highest BCUT2D eigenvalue weighted by molar-refractivity contribution is 7.17. The van der Waals surface area contributed by atoms with Crippen LogP contribution in [0, 0.1) is 6.92 Å². The second kappa shape index (κ2) is 7.16. The van der Waals surface area contributed by atoms with Crippen LogP contribution in [0.2, 0.25) is 0 Å². The Labute approximate surface area is 151 Å². The van der Waals surface area contributed by atoms with Crippen molar-refractivity contribution in [2.24, 2.45) is 0 Å². The first-order chi connectivity index (χ1) is 12.2. The van der Waals surface area contributed by atoms with Crippen LogP contribution in [-0.2, 0) is 11.3 Å². The highest BCUT2D eigenvalue weighted by atomic mass is 32.1. The maximum atomic E-state index is 9.42. The van der Waals surface area contributed by atoms with Crippen molar-refractivity contribution in [1.82, 2.24) is 0 Å². The summed E-state index contributed by atoms with van der Waals surface area (Å²) >= 11 is 1.74. The average molecular weight is 354 g/mol. The standard InChI is InChI=1S/C21H22O3S/c1-14-10-17(24-16-6-8-23-9-7-16)3-4-18(14)20-13-25-21-5-2-15(12-22)11-19(20)21/h2-5,10-11,13,16,22H,6-9,12H2,1H3. The first kappa shape index (κ1) is 16.6. The first-order valence-electron chi connectivity index (χ1n) is 8.71. The molecule has 25 heavy (non-hydrogen) atoms. The largest absolute Gasteiger partial charge is 0.490 e. The Kier molecular flexibility index (Phi) is 4.75. The topological polar surface area (TPSA) is 38.7 Å². The summed E-state index contributed by atoms with van der Waals surface area (Å²) in [7, 11) is 0. The molecule has 0 aliphatic carbocycles.